The molecule has 4 aromatic rings. The molecule has 0 radical (unpaired) electrons. The fourth-order valence-electron chi connectivity index (χ4n) is 3.93. The third-order valence-corrected chi connectivity index (χ3v) is 7.11. The van der Waals surface area contributed by atoms with Crippen LogP contribution in [-0.2, 0) is 35.4 Å². The second-order valence-electron chi connectivity index (χ2n) is 8.93. The molecule has 0 saturated heterocycles. The molecule has 0 saturated carbocycles. The largest absolute Gasteiger partial charge is 1.00 e. The number of nitrogens with zero attached hydrogens (tertiary/aromatic N) is 2. The fourth-order valence-corrected chi connectivity index (χ4v) is 4.92. The van der Waals surface area contributed by atoms with E-state index < -0.39 is 23.8 Å². The second-order valence-corrected chi connectivity index (χ2v) is 10.6. The lowest BCUT2D eigenvalue weighted by Gasteiger charge is -2.19. The maximum Gasteiger partial charge on any atom is 0.416 e. The first-order chi connectivity index (χ1) is 19.0. The highest BCUT2D eigenvalue weighted by molar-refractivity contribution is 6.35. The molecule has 1 unspecified atom stereocenters. The number of aromatic nitrogens is 2. The topological polar surface area (TPSA) is 47.1 Å². The van der Waals surface area contributed by atoms with Crippen LogP contribution in [0.4, 0.5) is 18.9 Å². The van der Waals surface area contributed by atoms with Crippen LogP contribution < -0.4 is 22.3 Å². The van der Waals surface area contributed by atoms with Gasteiger partial charge in [0, 0.05) is 31.3 Å². The van der Waals surface area contributed by atoms with Gasteiger partial charge in [0.15, 0.2) is 0 Å². The number of carbonyl (C=O) groups excluding carboxylic acids is 1. The number of carbonyl (C=O) groups is 1. The molecular formula is C28H23Cl5F3N3O2. The van der Waals surface area contributed by atoms with E-state index in [4.69, 9.17) is 51.1 Å². The molecular weight excluding hydrogens is 645 g/mol. The van der Waals surface area contributed by atoms with Gasteiger partial charge in [0.2, 0.25) is 12.2 Å². The highest BCUT2D eigenvalue weighted by Gasteiger charge is 2.30. The molecule has 1 amide bonds. The van der Waals surface area contributed by atoms with E-state index in [2.05, 4.69) is 5.32 Å². The zero-order valence-electron chi connectivity index (χ0n) is 21.1. The number of anilines is 1. The highest BCUT2D eigenvalue weighted by Crippen LogP contribution is 2.32. The molecule has 1 heterocycles. The van der Waals surface area contributed by atoms with Crippen molar-refractivity contribution in [2.45, 2.75) is 38.4 Å². The summed E-state index contributed by atoms with van der Waals surface area (Å²) < 4.78 is 48.7. The predicted octanol–water partition coefficient (Wildman–Crippen LogP) is 5.40. The van der Waals surface area contributed by atoms with Crippen molar-refractivity contribution in [3.05, 3.63) is 116 Å². The summed E-state index contributed by atoms with van der Waals surface area (Å²) in [5, 5.41) is 4.46. The molecule has 0 bridgehead atoms. The van der Waals surface area contributed by atoms with Crippen LogP contribution in [0.1, 0.15) is 29.2 Å². The van der Waals surface area contributed by atoms with E-state index >= 15 is 0 Å². The molecule has 0 aliphatic heterocycles. The van der Waals surface area contributed by atoms with Gasteiger partial charge in [-0.2, -0.15) is 13.2 Å². The van der Waals surface area contributed by atoms with Crippen molar-refractivity contribution in [1.82, 2.24) is 4.57 Å². The monoisotopic (exact) mass is 665 g/mol. The van der Waals surface area contributed by atoms with Crippen molar-refractivity contribution in [3.63, 3.8) is 0 Å². The van der Waals surface area contributed by atoms with Crippen molar-refractivity contribution in [1.29, 1.82) is 0 Å². The Labute approximate surface area is 261 Å². The average Bonchev–Trinajstić information content (AvgIpc) is 3.33. The van der Waals surface area contributed by atoms with Crippen molar-refractivity contribution >= 4 is 58.0 Å². The molecule has 1 atom stereocenters. The first-order valence-electron chi connectivity index (χ1n) is 12.0. The Morgan fingerprint density at radius 3 is 2.37 bits per heavy atom. The third kappa shape index (κ3) is 9.53. The molecule has 5 nitrogen and oxygen atoms in total. The van der Waals surface area contributed by atoms with Gasteiger partial charge in [0.1, 0.15) is 25.0 Å². The summed E-state index contributed by atoms with van der Waals surface area (Å²) in [6.07, 6.45) is 0.504. The van der Waals surface area contributed by atoms with Gasteiger partial charge in [0.05, 0.1) is 25.1 Å². The Kier molecular flexibility index (Phi) is 11.8. The number of rotatable bonds is 10. The molecule has 218 valence electrons. The lowest BCUT2D eigenvalue weighted by molar-refractivity contribution is -0.704. The summed E-state index contributed by atoms with van der Waals surface area (Å²) in [6, 6.07) is 14.9. The van der Waals surface area contributed by atoms with Crippen LogP contribution in [0.15, 0.2) is 79.4 Å². The van der Waals surface area contributed by atoms with Gasteiger partial charge in [-0.1, -0.05) is 64.6 Å². The van der Waals surface area contributed by atoms with Gasteiger partial charge in [-0.25, -0.2) is 9.13 Å². The molecule has 0 aliphatic rings. The van der Waals surface area contributed by atoms with Crippen LogP contribution in [0.2, 0.25) is 20.1 Å². The minimum Gasteiger partial charge on any atom is -1.00 e. The molecule has 0 aliphatic carbocycles. The zero-order valence-corrected chi connectivity index (χ0v) is 24.9. The number of ether oxygens (including phenoxy) is 1. The molecule has 1 N–H and O–H groups in total. The number of benzene rings is 3. The van der Waals surface area contributed by atoms with Gasteiger partial charge >= 0.3 is 6.18 Å². The van der Waals surface area contributed by atoms with Crippen molar-refractivity contribution in [2.75, 3.05) is 5.32 Å². The van der Waals surface area contributed by atoms with E-state index in [-0.39, 0.29) is 31.1 Å². The normalized spacial score (nSPS) is 12.1. The van der Waals surface area contributed by atoms with Crippen LogP contribution in [-0.4, -0.2) is 10.5 Å². The number of nitrogens with one attached hydrogen (secondary N) is 1. The molecule has 1 aromatic heterocycles. The summed E-state index contributed by atoms with van der Waals surface area (Å²) in [7, 11) is 0. The number of hydrogen-bond acceptors (Lipinski definition) is 2. The summed E-state index contributed by atoms with van der Waals surface area (Å²) >= 11 is 24.9. The maximum absolute atomic E-state index is 12.9. The van der Waals surface area contributed by atoms with Crippen molar-refractivity contribution in [2.24, 2.45) is 0 Å². The van der Waals surface area contributed by atoms with E-state index in [1.54, 1.807) is 53.5 Å². The lowest BCUT2D eigenvalue weighted by atomic mass is 10.1. The Hall–Kier alpha value is -2.46. The van der Waals surface area contributed by atoms with Crippen LogP contribution >= 0.6 is 46.4 Å². The Bertz CT molecular complexity index is 1500. The fraction of sp³-hybridized carbons (Fsp3) is 0.214. The van der Waals surface area contributed by atoms with E-state index in [0.717, 1.165) is 23.3 Å². The molecule has 0 fully saturated rings. The zero-order chi connectivity index (χ0) is 28.9. The summed E-state index contributed by atoms with van der Waals surface area (Å²) in [6.45, 7) is 0.901. The predicted molar refractivity (Wildman–Crippen MR) is 150 cm³/mol. The standard InChI is InChI=1S/C28H22Cl4F3N3O2.ClH/c29-20-5-4-18(24(31)13-20)16-40-26(23-7-6-21(30)14-25(23)32)15-38-11-10-37(17-38)9-8-27(39)36-22-3-1-2-19(12-22)28(33,34)35;/h1-7,10-14,17,26H,8-9,15-16H2;1H. The minimum atomic E-state index is -4.49. The summed E-state index contributed by atoms with van der Waals surface area (Å²) in [5.41, 5.74) is 0.753. The molecule has 4 rings (SSSR count). The molecule has 41 heavy (non-hydrogen) atoms. The van der Waals surface area contributed by atoms with E-state index in [1.165, 1.54) is 12.1 Å². The number of imidazole rings is 1. The number of hydrogen-bond donors (Lipinski definition) is 1. The van der Waals surface area contributed by atoms with E-state index in [9.17, 15) is 18.0 Å². The van der Waals surface area contributed by atoms with Gasteiger partial charge in [0.25, 0.3) is 0 Å². The van der Waals surface area contributed by atoms with Gasteiger partial charge < -0.3 is 22.5 Å². The van der Waals surface area contributed by atoms with Gasteiger partial charge in [-0.3, -0.25) is 4.79 Å². The van der Waals surface area contributed by atoms with E-state index in [1.807, 2.05) is 10.8 Å². The van der Waals surface area contributed by atoms with Crippen LogP contribution in [0.5, 0.6) is 0 Å². The Morgan fingerprint density at radius 1 is 0.976 bits per heavy atom. The van der Waals surface area contributed by atoms with E-state index in [0.29, 0.717) is 33.2 Å². The van der Waals surface area contributed by atoms with Crippen molar-refractivity contribution in [3.8, 4) is 0 Å². The molecule has 13 heteroatoms. The maximum atomic E-state index is 12.9. The quantitative estimate of drug-likeness (QED) is 0.231. The number of amides is 1. The Balaban J connectivity index is 0.00000462. The molecule has 0 spiro atoms. The van der Waals surface area contributed by atoms with Crippen LogP contribution in [0.3, 0.4) is 0 Å². The van der Waals surface area contributed by atoms with Crippen LogP contribution in [0.25, 0.3) is 0 Å². The third-order valence-electron chi connectivity index (χ3n) is 5.96. The summed E-state index contributed by atoms with van der Waals surface area (Å²) in [5.74, 6) is -0.409. The molecule has 3 aromatic carbocycles. The number of alkyl halides is 3. The van der Waals surface area contributed by atoms with Gasteiger partial charge in [-0.15, -0.1) is 0 Å². The SMILES string of the molecule is O=C(CCn1cc[n+](CC(OCc2ccc(Cl)cc2Cl)c2ccc(Cl)cc2Cl)c1)Nc1cccc(C(F)(F)F)c1.[Cl-]. The minimum absolute atomic E-state index is 0. The average molecular weight is 668 g/mol. The highest BCUT2D eigenvalue weighted by atomic mass is 35.5. The van der Waals surface area contributed by atoms with Crippen LogP contribution in [0, 0.1) is 0 Å². The summed E-state index contributed by atoms with van der Waals surface area (Å²) in [4.78, 5) is 12.4. The first kappa shape index (κ1) is 33.0. The lowest BCUT2D eigenvalue weighted by Crippen LogP contribution is -3.00. The Morgan fingerprint density at radius 2 is 1.68 bits per heavy atom. The van der Waals surface area contributed by atoms with Crippen molar-refractivity contribution < 1.29 is 39.7 Å². The van der Waals surface area contributed by atoms with Gasteiger partial charge in [-0.05, 0) is 48.0 Å². The second kappa shape index (κ2) is 14.6. The number of aryl methyl sites for hydroxylation is 1. The smallest absolute Gasteiger partial charge is 0.416 e. The number of halogens is 8. The first-order valence-corrected chi connectivity index (χ1v) is 13.5.